The van der Waals surface area contributed by atoms with Crippen molar-refractivity contribution >= 4 is 6.09 Å². The Labute approximate surface area is 160 Å². The molecule has 3 N–H and O–H groups in total. The van der Waals surface area contributed by atoms with Crippen LogP contribution in [0.2, 0.25) is 0 Å². The van der Waals surface area contributed by atoms with E-state index in [9.17, 15) is 9.18 Å². The van der Waals surface area contributed by atoms with Gasteiger partial charge < -0.3 is 15.6 Å². The van der Waals surface area contributed by atoms with E-state index in [-0.39, 0.29) is 18.3 Å². The number of hydrogen-bond acceptors (Lipinski definition) is 3. The fourth-order valence-corrected chi connectivity index (χ4v) is 3.39. The number of aryl methyl sites for hydroxylation is 1. The molecule has 2 aromatic carbocycles. The van der Waals surface area contributed by atoms with E-state index < -0.39 is 11.7 Å². The number of primary amides is 1. The van der Waals surface area contributed by atoms with Crippen LogP contribution in [-0.4, -0.2) is 23.4 Å². The van der Waals surface area contributed by atoms with Gasteiger partial charge in [-0.1, -0.05) is 42.5 Å². The molecule has 27 heavy (non-hydrogen) atoms. The van der Waals surface area contributed by atoms with Crippen LogP contribution < -0.4 is 5.73 Å². The molecule has 0 bridgehead atoms. The molecule has 0 spiro atoms. The van der Waals surface area contributed by atoms with E-state index in [4.69, 9.17) is 15.6 Å². The maximum Gasteiger partial charge on any atom is 0.405 e. The summed E-state index contributed by atoms with van der Waals surface area (Å²) in [4.78, 5) is 11.4. The minimum atomic E-state index is -0.815. The van der Waals surface area contributed by atoms with E-state index in [1.165, 1.54) is 6.07 Å². The summed E-state index contributed by atoms with van der Waals surface area (Å²) in [5.41, 5.74) is 7.25. The first-order valence-electron chi connectivity index (χ1n) is 9.22. The van der Waals surface area contributed by atoms with Gasteiger partial charge in [0.1, 0.15) is 11.4 Å². The van der Waals surface area contributed by atoms with Gasteiger partial charge in [0.05, 0.1) is 0 Å². The first-order chi connectivity index (χ1) is 12.8. The van der Waals surface area contributed by atoms with Crippen molar-refractivity contribution < 1.29 is 19.0 Å². The second-order valence-electron chi connectivity index (χ2n) is 7.35. The van der Waals surface area contributed by atoms with Crippen molar-refractivity contribution in [1.29, 1.82) is 0 Å². The number of carbonyl (C=O) groups excluding carboxylic acids is 1. The molecule has 1 unspecified atom stereocenters. The number of rotatable bonds is 9. The maximum atomic E-state index is 14.0. The Balaban J connectivity index is 2.20. The Hall–Kier alpha value is -2.40. The first-order valence-corrected chi connectivity index (χ1v) is 9.22. The quantitative estimate of drug-likeness (QED) is 0.697. The number of halogens is 1. The average molecular weight is 373 g/mol. The van der Waals surface area contributed by atoms with Crippen LogP contribution in [-0.2, 0) is 24.0 Å². The highest BCUT2D eigenvalue weighted by atomic mass is 19.1. The number of ether oxygens (including phenoxy) is 1. The Morgan fingerprint density at radius 1 is 1.15 bits per heavy atom. The normalized spacial score (nSPS) is 12.6. The molecule has 0 heterocycles. The van der Waals surface area contributed by atoms with Gasteiger partial charge in [-0.2, -0.15) is 0 Å². The summed E-state index contributed by atoms with van der Waals surface area (Å²) in [6.07, 6.45) is 1.62. The zero-order valence-corrected chi connectivity index (χ0v) is 16.0. The van der Waals surface area contributed by atoms with Crippen molar-refractivity contribution in [2.75, 3.05) is 6.61 Å². The van der Waals surface area contributed by atoms with Crippen LogP contribution in [0.3, 0.4) is 0 Å². The van der Waals surface area contributed by atoms with Crippen LogP contribution >= 0.6 is 0 Å². The van der Waals surface area contributed by atoms with E-state index in [0.717, 1.165) is 11.1 Å². The van der Waals surface area contributed by atoms with Crippen LogP contribution in [0.1, 0.15) is 37.0 Å². The molecule has 2 rings (SSSR count). The molecule has 0 saturated carbocycles. The van der Waals surface area contributed by atoms with Crippen LogP contribution in [0.4, 0.5) is 9.18 Å². The standard InChI is InChI=1S/C22H28FNO3/c1-22(2,27-21(24)26)19(11-10-18-8-3-4-9-20(18)23)15-17-7-5-6-16(14-17)12-13-25/h3-9,14,19,25H,10-13,15H2,1-2H3,(H2,24,26). The van der Waals surface area contributed by atoms with E-state index in [0.29, 0.717) is 31.2 Å². The molecule has 0 saturated heterocycles. The summed E-state index contributed by atoms with van der Waals surface area (Å²) in [5.74, 6) is -0.274. The molecule has 1 amide bonds. The predicted molar refractivity (Wildman–Crippen MR) is 104 cm³/mol. The summed E-state index contributed by atoms with van der Waals surface area (Å²) in [6, 6.07) is 14.7. The molecule has 0 fully saturated rings. The number of hydrogen-bond donors (Lipinski definition) is 2. The van der Waals surface area contributed by atoms with Gasteiger partial charge in [0.25, 0.3) is 0 Å². The van der Waals surface area contributed by atoms with Gasteiger partial charge in [-0.15, -0.1) is 0 Å². The van der Waals surface area contributed by atoms with Crippen LogP contribution in [0, 0.1) is 11.7 Å². The van der Waals surface area contributed by atoms with Crippen molar-refractivity contribution in [2.24, 2.45) is 11.7 Å². The van der Waals surface area contributed by atoms with Gasteiger partial charge in [-0.3, -0.25) is 0 Å². The highest BCUT2D eigenvalue weighted by Gasteiger charge is 2.33. The minimum absolute atomic E-state index is 0.0472. The third-order valence-electron chi connectivity index (χ3n) is 4.94. The van der Waals surface area contributed by atoms with E-state index in [2.05, 4.69) is 0 Å². The third kappa shape index (κ3) is 6.36. The lowest BCUT2D eigenvalue weighted by atomic mass is 9.81. The van der Waals surface area contributed by atoms with E-state index in [1.807, 2.05) is 44.2 Å². The first kappa shape index (κ1) is 20.9. The van der Waals surface area contributed by atoms with Crippen molar-refractivity contribution in [3.05, 3.63) is 71.0 Å². The number of carbonyl (C=O) groups is 1. The Morgan fingerprint density at radius 3 is 2.52 bits per heavy atom. The lowest BCUT2D eigenvalue weighted by Crippen LogP contribution is -2.40. The molecule has 1 atom stereocenters. The lowest BCUT2D eigenvalue weighted by molar-refractivity contribution is -0.00432. The Bertz CT molecular complexity index is 761. The van der Waals surface area contributed by atoms with Crippen molar-refractivity contribution in [3.63, 3.8) is 0 Å². The summed E-state index contributed by atoms with van der Waals surface area (Å²) in [6.45, 7) is 3.76. The van der Waals surface area contributed by atoms with Gasteiger partial charge in [-0.05, 0) is 62.3 Å². The second kappa shape index (κ2) is 9.51. The lowest BCUT2D eigenvalue weighted by Gasteiger charge is -2.34. The molecular weight excluding hydrogens is 345 g/mol. The fourth-order valence-electron chi connectivity index (χ4n) is 3.39. The predicted octanol–water partition coefficient (Wildman–Crippen LogP) is 4.03. The Morgan fingerprint density at radius 2 is 1.85 bits per heavy atom. The monoisotopic (exact) mass is 373 g/mol. The zero-order chi connectivity index (χ0) is 19.9. The van der Waals surface area contributed by atoms with E-state index in [1.54, 1.807) is 12.1 Å². The number of nitrogens with two attached hydrogens (primary N) is 1. The molecule has 0 aliphatic carbocycles. The largest absolute Gasteiger partial charge is 0.443 e. The Kier molecular flexibility index (Phi) is 7.36. The zero-order valence-electron chi connectivity index (χ0n) is 16.0. The smallest absolute Gasteiger partial charge is 0.405 e. The summed E-state index contributed by atoms with van der Waals surface area (Å²) < 4.78 is 19.4. The van der Waals surface area contributed by atoms with Gasteiger partial charge in [0.2, 0.25) is 0 Å². The second-order valence-corrected chi connectivity index (χ2v) is 7.35. The summed E-state index contributed by atoms with van der Waals surface area (Å²) >= 11 is 0. The van der Waals surface area contributed by atoms with Gasteiger partial charge in [0.15, 0.2) is 0 Å². The SMILES string of the molecule is CC(C)(OC(N)=O)C(CCc1ccccc1F)Cc1cccc(CCO)c1. The molecule has 0 aromatic heterocycles. The molecule has 0 radical (unpaired) electrons. The maximum absolute atomic E-state index is 14.0. The number of benzene rings is 2. The van der Waals surface area contributed by atoms with Gasteiger partial charge in [0, 0.05) is 12.5 Å². The molecule has 2 aromatic rings. The minimum Gasteiger partial charge on any atom is -0.443 e. The van der Waals surface area contributed by atoms with Gasteiger partial charge >= 0.3 is 6.09 Å². The fraction of sp³-hybridized carbons (Fsp3) is 0.409. The van der Waals surface area contributed by atoms with Crippen LogP contribution in [0.15, 0.2) is 48.5 Å². The molecule has 4 nitrogen and oxygen atoms in total. The molecule has 0 aliphatic heterocycles. The highest BCUT2D eigenvalue weighted by molar-refractivity contribution is 5.65. The van der Waals surface area contributed by atoms with Crippen LogP contribution in [0.25, 0.3) is 0 Å². The van der Waals surface area contributed by atoms with E-state index >= 15 is 0 Å². The number of aliphatic hydroxyl groups is 1. The summed E-state index contributed by atoms with van der Waals surface area (Å²) in [5, 5.41) is 9.15. The molecule has 146 valence electrons. The third-order valence-corrected chi connectivity index (χ3v) is 4.94. The van der Waals surface area contributed by atoms with Gasteiger partial charge in [-0.25, -0.2) is 9.18 Å². The van der Waals surface area contributed by atoms with Crippen molar-refractivity contribution in [1.82, 2.24) is 0 Å². The number of aliphatic hydroxyl groups excluding tert-OH is 1. The van der Waals surface area contributed by atoms with Crippen molar-refractivity contribution in [2.45, 2.75) is 45.1 Å². The van der Waals surface area contributed by atoms with Crippen LogP contribution in [0.5, 0.6) is 0 Å². The molecule has 5 heteroatoms. The molecule has 0 aliphatic rings. The highest BCUT2D eigenvalue weighted by Crippen LogP contribution is 2.30. The van der Waals surface area contributed by atoms with Crippen molar-refractivity contribution in [3.8, 4) is 0 Å². The summed E-state index contributed by atoms with van der Waals surface area (Å²) in [7, 11) is 0. The molecular formula is C22H28FNO3. The topological polar surface area (TPSA) is 72.5 Å². The number of amides is 1. The average Bonchev–Trinajstić information content (AvgIpc) is 2.59.